The fourth-order valence-electron chi connectivity index (χ4n) is 3.65. The predicted octanol–water partition coefficient (Wildman–Crippen LogP) is 4.52. The van der Waals surface area contributed by atoms with Crippen LogP contribution in [0.15, 0.2) is 42.7 Å². The molecule has 0 spiro atoms. The number of likely N-dealkylation sites (N-methyl/N-ethyl adjacent to an activating group) is 1. The van der Waals surface area contributed by atoms with Gasteiger partial charge in [0, 0.05) is 47.2 Å². The van der Waals surface area contributed by atoms with E-state index in [4.69, 9.17) is 4.74 Å². The van der Waals surface area contributed by atoms with Crippen molar-refractivity contribution in [3.8, 4) is 5.75 Å². The van der Waals surface area contributed by atoms with Crippen LogP contribution in [0.4, 0.5) is 0 Å². The second-order valence-corrected chi connectivity index (χ2v) is 7.36. The zero-order valence-electron chi connectivity index (χ0n) is 16.1. The highest BCUT2D eigenvalue weighted by Crippen LogP contribution is 2.36. The van der Waals surface area contributed by atoms with Crippen molar-refractivity contribution in [3.63, 3.8) is 0 Å². The van der Waals surface area contributed by atoms with Gasteiger partial charge in [0.25, 0.3) is 0 Å². The maximum atomic E-state index is 6.05. The van der Waals surface area contributed by atoms with Crippen molar-refractivity contribution in [2.24, 2.45) is 7.05 Å². The van der Waals surface area contributed by atoms with Crippen LogP contribution >= 0.6 is 0 Å². The van der Waals surface area contributed by atoms with Gasteiger partial charge in [-0.3, -0.25) is 4.98 Å². The van der Waals surface area contributed by atoms with Crippen LogP contribution in [-0.2, 0) is 7.05 Å². The van der Waals surface area contributed by atoms with Crippen molar-refractivity contribution in [1.29, 1.82) is 0 Å². The average Bonchev–Trinajstić information content (AvgIpc) is 2.92. The fraction of sp³-hybridized carbons (Fsp3) is 0.318. The predicted molar refractivity (Wildman–Crippen MR) is 109 cm³/mol. The molecule has 0 aliphatic heterocycles. The SMILES string of the molecule is Cc1c2ccncc2cc2c3cc(OC[C@@H](C)N(C)C)ccc3n(C)c12. The standard InChI is InChI=1S/C22H25N3O/c1-14(24(3)4)13-26-17-6-7-21-19(11-17)20-10-16-12-23-9-8-18(16)15(2)22(20)25(21)5/h6-12,14H,13H2,1-5H3/t14-/m1/s1. The Kier molecular flexibility index (Phi) is 4.08. The zero-order valence-corrected chi connectivity index (χ0v) is 16.1. The van der Waals surface area contributed by atoms with E-state index in [1.165, 1.54) is 38.1 Å². The first-order chi connectivity index (χ1) is 12.5. The summed E-state index contributed by atoms with van der Waals surface area (Å²) < 4.78 is 8.33. The topological polar surface area (TPSA) is 30.3 Å². The van der Waals surface area contributed by atoms with E-state index in [-0.39, 0.29) is 0 Å². The molecular weight excluding hydrogens is 322 g/mol. The van der Waals surface area contributed by atoms with Crippen LogP contribution in [0.5, 0.6) is 5.75 Å². The van der Waals surface area contributed by atoms with Crippen LogP contribution in [0.1, 0.15) is 12.5 Å². The number of pyridine rings is 1. The second kappa shape index (κ2) is 6.29. The molecule has 1 atom stereocenters. The number of fused-ring (bicyclic) bond motifs is 4. The minimum atomic E-state index is 0.371. The van der Waals surface area contributed by atoms with Crippen molar-refractivity contribution in [2.75, 3.05) is 20.7 Å². The third kappa shape index (κ3) is 2.61. The molecular formula is C22H25N3O. The lowest BCUT2D eigenvalue weighted by molar-refractivity contribution is 0.198. The molecule has 2 aromatic carbocycles. The van der Waals surface area contributed by atoms with Gasteiger partial charge in [-0.05, 0) is 69.2 Å². The van der Waals surface area contributed by atoms with Gasteiger partial charge in [0.15, 0.2) is 0 Å². The van der Waals surface area contributed by atoms with E-state index in [0.29, 0.717) is 12.6 Å². The molecule has 134 valence electrons. The Morgan fingerprint density at radius 2 is 1.92 bits per heavy atom. The third-order valence-electron chi connectivity index (χ3n) is 5.49. The molecule has 0 fully saturated rings. The molecule has 0 radical (unpaired) electrons. The van der Waals surface area contributed by atoms with Gasteiger partial charge in [-0.25, -0.2) is 0 Å². The average molecular weight is 347 g/mol. The summed E-state index contributed by atoms with van der Waals surface area (Å²) in [5.41, 5.74) is 3.79. The molecule has 26 heavy (non-hydrogen) atoms. The van der Waals surface area contributed by atoms with Crippen molar-refractivity contribution >= 4 is 32.6 Å². The van der Waals surface area contributed by atoms with Gasteiger partial charge in [-0.1, -0.05) is 0 Å². The van der Waals surface area contributed by atoms with E-state index in [0.717, 1.165) is 5.75 Å². The lowest BCUT2D eigenvalue weighted by Crippen LogP contribution is -2.30. The normalized spacial score (nSPS) is 13.2. The molecule has 4 heteroatoms. The molecule has 0 amide bonds. The van der Waals surface area contributed by atoms with Crippen LogP contribution in [0.2, 0.25) is 0 Å². The highest BCUT2D eigenvalue weighted by molar-refractivity contribution is 6.14. The van der Waals surface area contributed by atoms with Gasteiger partial charge in [0.05, 0.1) is 5.52 Å². The summed E-state index contributed by atoms with van der Waals surface area (Å²) in [5, 5.41) is 4.92. The van der Waals surface area contributed by atoms with Gasteiger partial charge in [-0.15, -0.1) is 0 Å². The Morgan fingerprint density at radius 1 is 1.12 bits per heavy atom. The van der Waals surface area contributed by atoms with Crippen molar-refractivity contribution in [2.45, 2.75) is 19.9 Å². The van der Waals surface area contributed by atoms with Gasteiger partial charge < -0.3 is 14.2 Å². The van der Waals surface area contributed by atoms with E-state index in [1.54, 1.807) is 0 Å². The Morgan fingerprint density at radius 3 is 2.69 bits per heavy atom. The first-order valence-corrected chi connectivity index (χ1v) is 9.02. The van der Waals surface area contributed by atoms with Gasteiger partial charge in [-0.2, -0.15) is 0 Å². The van der Waals surface area contributed by atoms with E-state index >= 15 is 0 Å². The van der Waals surface area contributed by atoms with Crippen LogP contribution in [0.3, 0.4) is 0 Å². The van der Waals surface area contributed by atoms with Crippen LogP contribution in [0, 0.1) is 6.92 Å². The van der Waals surface area contributed by atoms with Gasteiger partial charge >= 0.3 is 0 Å². The molecule has 0 unspecified atom stereocenters. The molecule has 0 aliphatic rings. The first kappa shape index (κ1) is 16.9. The molecule has 4 nitrogen and oxygen atoms in total. The highest BCUT2D eigenvalue weighted by Gasteiger charge is 2.14. The fourth-order valence-corrected chi connectivity index (χ4v) is 3.65. The number of aromatic nitrogens is 2. The summed E-state index contributed by atoms with van der Waals surface area (Å²) in [6.45, 7) is 5.04. The number of benzene rings is 2. The summed E-state index contributed by atoms with van der Waals surface area (Å²) in [6, 6.07) is 11.1. The van der Waals surface area contributed by atoms with E-state index in [2.05, 4.69) is 79.8 Å². The molecule has 2 heterocycles. The minimum absolute atomic E-state index is 0.371. The Balaban J connectivity index is 1.88. The number of aryl methyl sites for hydroxylation is 2. The maximum Gasteiger partial charge on any atom is 0.120 e. The largest absolute Gasteiger partial charge is 0.492 e. The van der Waals surface area contributed by atoms with Crippen LogP contribution in [0.25, 0.3) is 32.6 Å². The lowest BCUT2D eigenvalue weighted by atomic mass is 10.0. The Hall–Kier alpha value is -2.59. The maximum absolute atomic E-state index is 6.05. The van der Waals surface area contributed by atoms with Gasteiger partial charge in [0.2, 0.25) is 0 Å². The minimum Gasteiger partial charge on any atom is -0.492 e. The van der Waals surface area contributed by atoms with E-state index < -0.39 is 0 Å². The number of hydrogen-bond donors (Lipinski definition) is 0. The number of ether oxygens (including phenoxy) is 1. The van der Waals surface area contributed by atoms with Crippen LogP contribution in [-0.4, -0.2) is 41.2 Å². The molecule has 4 aromatic rings. The lowest BCUT2D eigenvalue weighted by Gasteiger charge is -2.20. The summed E-state index contributed by atoms with van der Waals surface area (Å²) in [4.78, 5) is 6.46. The second-order valence-electron chi connectivity index (χ2n) is 7.36. The Labute approximate surface area is 154 Å². The van der Waals surface area contributed by atoms with Gasteiger partial charge in [0.1, 0.15) is 12.4 Å². The quantitative estimate of drug-likeness (QED) is 0.544. The number of nitrogens with zero attached hydrogens (tertiary/aromatic N) is 3. The summed E-state index contributed by atoms with van der Waals surface area (Å²) in [7, 11) is 6.28. The van der Waals surface area contributed by atoms with E-state index in [9.17, 15) is 0 Å². The molecule has 0 N–H and O–H groups in total. The third-order valence-corrected chi connectivity index (χ3v) is 5.49. The van der Waals surface area contributed by atoms with Crippen molar-refractivity contribution in [1.82, 2.24) is 14.5 Å². The van der Waals surface area contributed by atoms with Crippen molar-refractivity contribution in [3.05, 3.63) is 48.3 Å². The van der Waals surface area contributed by atoms with E-state index in [1.807, 2.05) is 12.4 Å². The summed E-state index contributed by atoms with van der Waals surface area (Å²) in [6.07, 6.45) is 3.81. The zero-order chi connectivity index (χ0) is 18.4. The highest BCUT2D eigenvalue weighted by atomic mass is 16.5. The smallest absolute Gasteiger partial charge is 0.120 e. The van der Waals surface area contributed by atoms with Crippen LogP contribution < -0.4 is 4.74 Å². The molecule has 0 bridgehead atoms. The molecule has 4 rings (SSSR count). The first-order valence-electron chi connectivity index (χ1n) is 9.02. The molecule has 2 aromatic heterocycles. The Bertz CT molecular complexity index is 1110. The molecule has 0 aliphatic carbocycles. The monoisotopic (exact) mass is 347 g/mol. The summed E-state index contributed by atoms with van der Waals surface area (Å²) >= 11 is 0. The van der Waals surface area contributed by atoms with Crippen molar-refractivity contribution < 1.29 is 4.74 Å². The molecule has 0 saturated heterocycles. The molecule has 0 saturated carbocycles. The summed E-state index contributed by atoms with van der Waals surface area (Å²) in [5.74, 6) is 0.919. The number of rotatable bonds is 4. The number of hydrogen-bond acceptors (Lipinski definition) is 3.